The molecule has 4 aromatic carbocycles. The van der Waals surface area contributed by atoms with Crippen molar-refractivity contribution in [2.75, 3.05) is 6.54 Å². The average Bonchev–Trinajstić information content (AvgIpc) is 4.07. The molecule has 1 aliphatic heterocycles. The van der Waals surface area contributed by atoms with Crippen LogP contribution in [0.3, 0.4) is 0 Å². The highest BCUT2D eigenvalue weighted by Gasteiger charge is 2.48. The van der Waals surface area contributed by atoms with E-state index in [1.54, 1.807) is 58.0 Å². The standard InChI is InChI=1S/C55H64N6O12S2/c1-6-14-41(57-49(65)42(29-33-23-25-34(26-24-33)32-75(70,71)72)58-48(64)39-18-11-17-38-37-16-7-9-20-44(37)73-47(38)39)52(68)61-28-13-27-55(61,5)53(69)59-43(30-35-31-74-45-21-10-8-15-36(35)45)50(66)56-40(19-12-22-46(62)63)51(67)60-54(2,3)4/h7-11,15-18,20-21,23-26,31,40-43H,6,12-14,19,22,27-30,32H2,1-5H3,(H,56,66)(H,57,65)(H,58,64)(H,59,69)(H,60,67)(H,62,63)(H,70,71,72)/t40-,41-,42-,43-,55-/m0/s1. The molecule has 398 valence electrons. The van der Waals surface area contributed by atoms with E-state index in [4.69, 9.17) is 4.42 Å². The lowest BCUT2D eigenvalue weighted by atomic mass is 9.94. The van der Waals surface area contributed by atoms with Crippen LogP contribution in [0.5, 0.6) is 0 Å². The van der Waals surface area contributed by atoms with Gasteiger partial charge in [-0.3, -0.25) is 38.1 Å². The van der Waals surface area contributed by atoms with E-state index in [-0.39, 0.29) is 57.1 Å². The minimum Gasteiger partial charge on any atom is -0.481 e. The van der Waals surface area contributed by atoms with E-state index >= 15 is 0 Å². The molecule has 0 bridgehead atoms. The quantitative estimate of drug-likeness (QED) is 0.0356. The van der Waals surface area contributed by atoms with E-state index in [2.05, 4.69) is 26.6 Å². The zero-order valence-electron chi connectivity index (χ0n) is 42.6. The summed E-state index contributed by atoms with van der Waals surface area (Å²) in [6.45, 7) is 8.90. The minimum atomic E-state index is -4.33. The van der Waals surface area contributed by atoms with Crippen LogP contribution in [0.15, 0.2) is 101 Å². The van der Waals surface area contributed by atoms with Gasteiger partial charge in [-0.2, -0.15) is 8.42 Å². The molecule has 2 aromatic heterocycles. The molecule has 20 heteroatoms. The van der Waals surface area contributed by atoms with Gasteiger partial charge in [0.25, 0.3) is 16.0 Å². The maximum absolute atomic E-state index is 14.9. The van der Waals surface area contributed by atoms with Gasteiger partial charge in [-0.05, 0) is 105 Å². The fourth-order valence-corrected chi connectivity index (χ4v) is 11.1. The van der Waals surface area contributed by atoms with Crippen LogP contribution in [0.4, 0.5) is 0 Å². The summed E-state index contributed by atoms with van der Waals surface area (Å²) in [6, 6.07) is 21.3. The van der Waals surface area contributed by atoms with Crippen LogP contribution in [0.1, 0.15) is 107 Å². The Morgan fingerprint density at radius 1 is 0.747 bits per heavy atom. The zero-order chi connectivity index (χ0) is 54.2. The number of likely N-dealkylation sites (tertiary alicyclic amines) is 1. The number of nitrogens with zero attached hydrogens (tertiary/aromatic N) is 1. The molecular weight excluding hydrogens is 1000 g/mol. The number of amides is 6. The maximum Gasteiger partial charge on any atom is 0.303 e. The number of carboxylic acids is 1. The molecule has 75 heavy (non-hydrogen) atoms. The van der Waals surface area contributed by atoms with Crippen molar-refractivity contribution in [3.8, 4) is 0 Å². The predicted octanol–water partition coefficient (Wildman–Crippen LogP) is 6.58. The molecule has 0 aliphatic carbocycles. The first-order valence-corrected chi connectivity index (χ1v) is 27.5. The molecule has 3 heterocycles. The summed E-state index contributed by atoms with van der Waals surface area (Å²) in [4.78, 5) is 99.6. The summed E-state index contributed by atoms with van der Waals surface area (Å²) in [5, 5.41) is 27.9. The fraction of sp³-hybridized carbons (Fsp3) is 0.400. The number of carbonyl (C=O) groups is 7. The lowest BCUT2D eigenvalue weighted by Gasteiger charge is -2.37. The first kappa shape index (κ1) is 55.6. The fourth-order valence-electron chi connectivity index (χ4n) is 9.54. The molecule has 0 spiro atoms. The largest absolute Gasteiger partial charge is 0.481 e. The molecule has 6 aromatic rings. The van der Waals surface area contributed by atoms with Crippen LogP contribution in [0.2, 0.25) is 0 Å². The number of nitrogens with one attached hydrogen (secondary N) is 5. The number of hydrogen-bond acceptors (Lipinski definition) is 11. The third-order valence-corrected chi connectivity index (χ3v) is 15.0. The van der Waals surface area contributed by atoms with Crippen LogP contribution in [-0.2, 0) is 57.5 Å². The third kappa shape index (κ3) is 14.0. The van der Waals surface area contributed by atoms with Gasteiger partial charge in [-0.15, -0.1) is 11.3 Å². The van der Waals surface area contributed by atoms with Gasteiger partial charge in [0.2, 0.25) is 29.5 Å². The normalized spacial score (nSPS) is 16.5. The molecule has 1 fully saturated rings. The predicted molar refractivity (Wildman–Crippen MR) is 285 cm³/mol. The molecule has 5 atom stereocenters. The smallest absolute Gasteiger partial charge is 0.303 e. The van der Waals surface area contributed by atoms with E-state index in [0.717, 1.165) is 21.0 Å². The number of carboxylic acid groups (broad SMARTS) is 1. The molecule has 6 amide bonds. The molecule has 7 rings (SSSR count). The monoisotopic (exact) mass is 1060 g/mol. The molecule has 18 nitrogen and oxygen atoms in total. The van der Waals surface area contributed by atoms with Crippen molar-refractivity contribution in [2.45, 2.75) is 133 Å². The summed E-state index contributed by atoms with van der Waals surface area (Å²) in [6.07, 6.45) is 0.987. The van der Waals surface area contributed by atoms with E-state index in [1.807, 2.05) is 60.8 Å². The molecule has 1 saturated heterocycles. The van der Waals surface area contributed by atoms with Gasteiger partial charge in [-0.1, -0.05) is 86.1 Å². The Hall–Kier alpha value is -7.16. The van der Waals surface area contributed by atoms with E-state index in [9.17, 15) is 51.6 Å². The number of benzene rings is 4. The third-order valence-electron chi connectivity index (χ3n) is 13.3. The van der Waals surface area contributed by atoms with Gasteiger partial charge in [0.15, 0.2) is 0 Å². The maximum atomic E-state index is 14.9. The van der Waals surface area contributed by atoms with Crippen molar-refractivity contribution < 1.29 is 56.1 Å². The number of carbonyl (C=O) groups excluding carboxylic acids is 6. The van der Waals surface area contributed by atoms with Crippen molar-refractivity contribution in [3.63, 3.8) is 0 Å². The Bertz CT molecular complexity index is 3220. The van der Waals surface area contributed by atoms with Gasteiger partial charge in [0, 0.05) is 46.8 Å². The Balaban J connectivity index is 1.14. The molecule has 0 saturated carbocycles. The molecule has 1 aliphatic rings. The van der Waals surface area contributed by atoms with Crippen LogP contribution in [0.25, 0.3) is 32.0 Å². The molecule has 7 N–H and O–H groups in total. The SMILES string of the molecule is CCC[C@H](NC(=O)[C@H](Cc1ccc(CS(=O)(=O)O)cc1)NC(=O)c1cccc2c1oc1ccccc12)C(=O)N1CCC[C@@]1(C)C(=O)N[C@@H](Cc1csc2ccccc12)C(=O)N[C@@H](CCCC(=O)O)C(=O)NC(C)(C)C. The first-order valence-electron chi connectivity index (χ1n) is 25.0. The van der Waals surface area contributed by atoms with Crippen LogP contribution in [-0.4, -0.2) is 106 Å². The Kier molecular flexibility index (Phi) is 17.5. The van der Waals surface area contributed by atoms with E-state index in [1.165, 1.54) is 28.4 Å². The second kappa shape index (κ2) is 23.6. The number of thiophene rings is 1. The average molecular weight is 1070 g/mol. The topological polar surface area (TPSA) is 271 Å². The number of rotatable bonds is 22. The van der Waals surface area contributed by atoms with Crippen molar-refractivity contribution in [2.24, 2.45) is 0 Å². The summed E-state index contributed by atoms with van der Waals surface area (Å²) in [5.74, 6) is -5.44. The number of furan rings is 1. The van der Waals surface area contributed by atoms with Gasteiger partial charge in [-0.25, -0.2) is 0 Å². The van der Waals surface area contributed by atoms with Crippen molar-refractivity contribution in [3.05, 3.63) is 119 Å². The second-order valence-corrected chi connectivity index (χ2v) is 22.7. The molecule has 0 radical (unpaired) electrons. The van der Waals surface area contributed by atoms with Crippen LogP contribution < -0.4 is 26.6 Å². The zero-order valence-corrected chi connectivity index (χ0v) is 44.2. The van der Waals surface area contributed by atoms with E-state index < -0.39 is 92.5 Å². The van der Waals surface area contributed by atoms with Crippen molar-refractivity contribution >= 4 is 94.9 Å². The highest BCUT2D eigenvalue weighted by Crippen LogP contribution is 2.33. The summed E-state index contributed by atoms with van der Waals surface area (Å²) in [7, 11) is -4.33. The van der Waals surface area contributed by atoms with Crippen LogP contribution in [0, 0.1) is 0 Å². The van der Waals surface area contributed by atoms with Gasteiger partial charge in [0.05, 0.1) is 5.56 Å². The minimum absolute atomic E-state index is 0.0117. The highest BCUT2D eigenvalue weighted by atomic mass is 32.2. The number of fused-ring (bicyclic) bond motifs is 4. The van der Waals surface area contributed by atoms with E-state index in [0.29, 0.717) is 40.5 Å². The summed E-state index contributed by atoms with van der Waals surface area (Å²) in [5.41, 5.74) is 0.404. The highest BCUT2D eigenvalue weighted by molar-refractivity contribution is 7.85. The van der Waals surface area contributed by atoms with Crippen molar-refractivity contribution in [1.82, 2.24) is 31.5 Å². The lowest BCUT2D eigenvalue weighted by Crippen LogP contribution is -2.63. The Morgan fingerprint density at radius 3 is 2.07 bits per heavy atom. The summed E-state index contributed by atoms with van der Waals surface area (Å²) >= 11 is 1.47. The first-order chi connectivity index (χ1) is 35.5. The Morgan fingerprint density at radius 2 is 1.39 bits per heavy atom. The number of para-hydroxylation sites is 2. The van der Waals surface area contributed by atoms with Gasteiger partial charge in [0.1, 0.15) is 46.6 Å². The van der Waals surface area contributed by atoms with Crippen molar-refractivity contribution in [1.29, 1.82) is 0 Å². The molecular formula is C55H64N6O12S2. The second-order valence-electron chi connectivity index (χ2n) is 20.3. The Labute approximate surface area is 439 Å². The van der Waals surface area contributed by atoms with Gasteiger partial charge < -0.3 is 41.0 Å². The molecule has 0 unspecified atom stereocenters. The van der Waals surface area contributed by atoms with Crippen LogP contribution >= 0.6 is 11.3 Å². The lowest BCUT2D eigenvalue weighted by molar-refractivity contribution is -0.147. The van der Waals surface area contributed by atoms with Gasteiger partial charge >= 0.3 is 5.97 Å². The number of hydrogen-bond donors (Lipinski definition) is 7. The summed E-state index contributed by atoms with van der Waals surface area (Å²) < 4.78 is 39.7. The number of aliphatic carboxylic acids is 1.